The number of nitrogens with one attached hydrogen (secondary N) is 1. The third-order valence-electron chi connectivity index (χ3n) is 4.39. The molecule has 0 aromatic heterocycles. The first-order valence-electron chi connectivity index (χ1n) is 8.33. The predicted octanol–water partition coefficient (Wildman–Crippen LogP) is 2.96. The maximum atomic E-state index is 12.6. The van der Waals surface area contributed by atoms with Crippen molar-refractivity contribution >= 4 is 11.8 Å². The molecule has 2 amide bonds. The van der Waals surface area contributed by atoms with Crippen LogP contribution in [0.1, 0.15) is 67.2 Å². The van der Waals surface area contributed by atoms with Gasteiger partial charge in [0.2, 0.25) is 11.8 Å². The van der Waals surface area contributed by atoms with Crippen LogP contribution in [0.5, 0.6) is 0 Å². The Labute approximate surface area is 129 Å². The van der Waals surface area contributed by atoms with Crippen LogP contribution in [0, 0.1) is 11.3 Å². The highest BCUT2D eigenvalue weighted by molar-refractivity contribution is 5.97. The molecule has 0 radical (unpaired) electrons. The minimum atomic E-state index is -0.403. The van der Waals surface area contributed by atoms with Gasteiger partial charge in [-0.1, -0.05) is 53.9 Å². The molecule has 3 atom stereocenters. The molecule has 1 aliphatic heterocycles. The summed E-state index contributed by atoms with van der Waals surface area (Å²) in [5.41, 5.74) is -0.247. The summed E-state index contributed by atoms with van der Waals surface area (Å²) in [6, 6.07) is -0.767. The molecular weight excluding hydrogens is 264 g/mol. The summed E-state index contributed by atoms with van der Waals surface area (Å²) >= 11 is 0. The van der Waals surface area contributed by atoms with Gasteiger partial charge in [-0.25, -0.2) is 0 Å². The fraction of sp³-hybridized carbons (Fsp3) is 0.882. The van der Waals surface area contributed by atoms with Crippen molar-refractivity contribution in [2.24, 2.45) is 11.3 Å². The molecule has 122 valence electrons. The fourth-order valence-corrected chi connectivity index (χ4v) is 3.12. The van der Waals surface area contributed by atoms with Gasteiger partial charge in [0.1, 0.15) is 12.1 Å². The van der Waals surface area contributed by atoms with Crippen LogP contribution < -0.4 is 5.32 Å². The van der Waals surface area contributed by atoms with Crippen molar-refractivity contribution in [1.29, 1.82) is 0 Å². The average molecular weight is 296 g/mol. The number of hydrogen-bond donors (Lipinski definition) is 1. The second kappa shape index (κ2) is 7.28. The van der Waals surface area contributed by atoms with E-state index in [0.717, 1.165) is 12.8 Å². The molecule has 1 saturated heterocycles. The lowest BCUT2D eigenvalue weighted by atomic mass is 9.82. The summed E-state index contributed by atoms with van der Waals surface area (Å²) in [7, 11) is 0. The Morgan fingerprint density at radius 1 is 1.24 bits per heavy atom. The molecular formula is C17H32N2O2. The number of nitrogens with zero attached hydrogens (tertiary/aromatic N) is 1. The molecule has 3 unspecified atom stereocenters. The van der Waals surface area contributed by atoms with Gasteiger partial charge in [0, 0.05) is 6.54 Å². The number of amides is 2. The van der Waals surface area contributed by atoms with Gasteiger partial charge in [-0.2, -0.15) is 0 Å². The van der Waals surface area contributed by atoms with Gasteiger partial charge in [-0.15, -0.1) is 0 Å². The molecule has 21 heavy (non-hydrogen) atoms. The van der Waals surface area contributed by atoms with E-state index >= 15 is 0 Å². The molecule has 1 rings (SSSR count). The predicted molar refractivity (Wildman–Crippen MR) is 85.9 cm³/mol. The van der Waals surface area contributed by atoms with E-state index < -0.39 is 6.04 Å². The monoisotopic (exact) mass is 296 g/mol. The summed E-state index contributed by atoms with van der Waals surface area (Å²) in [5, 5.41) is 2.82. The largest absolute Gasteiger partial charge is 0.343 e. The molecule has 0 aliphatic carbocycles. The Bertz CT molecular complexity index is 373. The van der Waals surface area contributed by atoms with Crippen LogP contribution >= 0.6 is 0 Å². The van der Waals surface area contributed by atoms with Crippen LogP contribution in [-0.2, 0) is 9.59 Å². The van der Waals surface area contributed by atoms with Gasteiger partial charge in [0.05, 0.1) is 0 Å². The van der Waals surface area contributed by atoms with E-state index in [-0.39, 0.29) is 23.3 Å². The Hall–Kier alpha value is -1.06. The first kappa shape index (κ1) is 18.0. The van der Waals surface area contributed by atoms with Gasteiger partial charge >= 0.3 is 0 Å². The molecule has 4 nitrogen and oxygen atoms in total. The van der Waals surface area contributed by atoms with Crippen LogP contribution in [-0.4, -0.2) is 35.3 Å². The lowest BCUT2D eigenvalue weighted by Crippen LogP contribution is -2.66. The summed E-state index contributed by atoms with van der Waals surface area (Å²) in [5.74, 6) is 0.529. The molecule has 1 heterocycles. The molecule has 1 fully saturated rings. The number of hydrogen-bond acceptors (Lipinski definition) is 2. The molecule has 0 aromatic carbocycles. The lowest BCUT2D eigenvalue weighted by molar-refractivity contribution is -0.154. The normalized spacial score (nSPS) is 25.0. The van der Waals surface area contributed by atoms with Crippen LogP contribution in [0.4, 0.5) is 0 Å². The minimum absolute atomic E-state index is 0.0139. The van der Waals surface area contributed by atoms with Crippen LogP contribution in [0.15, 0.2) is 0 Å². The first-order chi connectivity index (χ1) is 9.72. The summed E-state index contributed by atoms with van der Waals surface area (Å²) in [6.07, 6.45) is 4.53. The Balaban J connectivity index is 2.94. The van der Waals surface area contributed by atoms with Crippen LogP contribution in [0.2, 0.25) is 0 Å². The Kier molecular flexibility index (Phi) is 6.24. The summed E-state index contributed by atoms with van der Waals surface area (Å²) < 4.78 is 0. The number of rotatable bonds is 6. The van der Waals surface area contributed by atoms with Crippen molar-refractivity contribution in [3.05, 3.63) is 0 Å². The zero-order valence-corrected chi connectivity index (χ0v) is 14.5. The smallest absolute Gasteiger partial charge is 0.245 e. The lowest BCUT2D eigenvalue weighted by Gasteiger charge is -2.45. The summed E-state index contributed by atoms with van der Waals surface area (Å²) in [6.45, 7) is 12.9. The van der Waals surface area contributed by atoms with E-state index in [9.17, 15) is 9.59 Å². The molecule has 1 aliphatic rings. The van der Waals surface area contributed by atoms with E-state index in [1.54, 1.807) is 6.92 Å². The van der Waals surface area contributed by atoms with Gasteiger partial charge in [-0.3, -0.25) is 9.59 Å². The number of carbonyl (C=O) groups is 2. The third-order valence-corrected chi connectivity index (χ3v) is 4.39. The highest BCUT2D eigenvalue weighted by atomic mass is 16.2. The average Bonchev–Trinajstić information content (AvgIpc) is 2.38. The SMILES string of the molecule is CCCCC(CC)CN1C(=O)C(C)NC(=O)C1C(C)(C)C. The van der Waals surface area contributed by atoms with Crippen molar-refractivity contribution in [1.82, 2.24) is 10.2 Å². The van der Waals surface area contributed by atoms with Crippen molar-refractivity contribution in [3.63, 3.8) is 0 Å². The number of unbranched alkanes of at least 4 members (excludes halogenated alkanes) is 1. The zero-order valence-electron chi connectivity index (χ0n) is 14.5. The fourth-order valence-electron chi connectivity index (χ4n) is 3.12. The highest BCUT2D eigenvalue weighted by Gasteiger charge is 2.45. The summed E-state index contributed by atoms with van der Waals surface area (Å²) in [4.78, 5) is 26.8. The standard InChI is InChI=1S/C17H32N2O2/c1-7-9-10-13(8-2)11-19-14(17(4,5)6)15(20)18-12(3)16(19)21/h12-14H,7-11H2,1-6H3,(H,18,20). The topological polar surface area (TPSA) is 49.4 Å². The number of carbonyl (C=O) groups excluding carboxylic acids is 2. The van der Waals surface area contributed by atoms with Crippen molar-refractivity contribution in [2.45, 2.75) is 79.3 Å². The molecule has 0 bridgehead atoms. The zero-order chi connectivity index (χ0) is 16.2. The van der Waals surface area contributed by atoms with E-state index in [4.69, 9.17) is 0 Å². The van der Waals surface area contributed by atoms with Gasteiger partial charge in [-0.05, 0) is 24.7 Å². The van der Waals surface area contributed by atoms with Gasteiger partial charge in [0.25, 0.3) is 0 Å². The van der Waals surface area contributed by atoms with Gasteiger partial charge < -0.3 is 10.2 Å². The molecule has 4 heteroatoms. The highest BCUT2D eigenvalue weighted by Crippen LogP contribution is 2.29. The van der Waals surface area contributed by atoms with E-state index in [1.807, 2.05) is 25.7 Å². The van der Waals surface area contributed by atoms with Crippen LogP contribution in [0.25, 0.3) is 0 Å². The van der Waals surface area contributed by atoms with Crippen molar-refractivity contribution in [3.8, 4) is 0 Å². The van der Waals surface area contributed by atoms with Crippen molar-refractivity contribution in [2.75, 3.05) is 6.54 Å². The quantitative estimate of drug-likeness (QED) is 0.819. The van der Waals surface area contributed by atoms with Gasteiger partial charge in [0.15, 0.2) is 0 Å². The molecule has 0 spiro atoms. The maximum absolute atomic E-state index is 12.6. The van der Waals surface area contributed by atoms with E-state index in [0.29, 0.717) is 12.5 Å². The molecule has 0 aromatic rings. The second-order valence-corrected chi connectivity index (χ2v) is 7.41. The first-order valence-corrected chi connectivity index (χ1v) is 8.33. The van der Waals surface area contributed by atoms with Crippen molar-refractivity contribution < 1.29 is 9.59 Å². The van der Waals surface area contributed by atoms with Crippen LogP contribution in [0.3, 0.4) is 0 Å². The molecule has 0 saturated carbocycles. The maximum Gasteiger partial charge on any atom is 0.245 e. The molecule has 1 N–H and O–H groups in total. The number of piperazine rings is 1. The Morgan fingerprint density at radius 2 is 1.86 bits per heavy atom. The third kappa shape index (κ3) is 4.45. The van der Waals surface area contributed by atoms with E-state index in [1.165, 1.54) is 12.8 Å². The second-order valence-electron chi connectivity index (χ2n) is 7.41. The van der Waals surface area contributed by atoms with E-state index in [2.05, 4.69) is 19.2 Å². The minimum Gasteiger partial charge on any atom is -0.343 e. The Morgan fingerprint density at radius 3 is 2.33 bits per heavy atom.